The highest BCUT2D eigenvalue weighted by Crippen LogP contribution is 2.44. The second kappa shape index (κ2) is 12.8. The van der Waals surface area contributed by atoms with Crippen LogP contribution in [0, 0.1) is 0 Å². The molecule has 4 nitrogen and oxygen atoms in total. The molecular weight excluding hydrogens is 733 g/mol. The van der Waals surface area contributed by atoms with E-state index in [1.54, 1.807) is 11.3 Å². The molecule has 12 aromatic rings. The monoisotopic (exact) mass is 762 g/mol. The number of benzene rings is 8. The first kappa shape index (κ1) is 32.3. The van der Waals surface area contributed by atoms with Gasteiger partial charge in [-0.25, -0.2) is 15.0 Å². The van der Waals surface area contributed by atoms with Crippen molar-refractivity contribution in [3.63, 3.8) is 0 Å². The Morgan fingerprint density at radius 1 is 0.351 bits per heavy atom. The molecule has 0 saturated heterocycles. The summed E-state index contributed by atoms with van der Waals surface area (Å²) in [7, 11) is 0. The normalized spacial score (nSPS) is 11.9. The maximum Gasteiger partial charge on any atom is 0.165 e. The van der Waals surface area contributed by atoms with Crippen molar-refractivity contribution in [2.45, 2.75) is 0 Å². The van der Waals surface area contributed by atoms with E-state index >= 15 is 0 Å². The largest absolute Gasteiger partial charge is 0.309 e. The summed E-state index contributed by atoms with van der Waals surface area (Å²) in [6.07, 6.45) is 0. The number of para-hydroxylation sites is 1. The number of hydrogen-bond acceptors (Lipinski definition) is 5. The van der Waals surface area contributed by atoms with Crippen molar-refractivity contribution in [3.8, 4) is 51.0 Å². The molecule has 0 N–H and O–H groups in total. The molecule has 0 amide bonds. The smallest absolute Gasteiger partial charge is 0.165 e. The lowest BCUT2D eigenvalue weighted by Crippen LogP contribution is -2.01. The van der Waals surface area contributed by atoms with Crippen LogP contribution in [0.15, 0.2) is 182 Å². The lowest BCUT2D eigenvalue weighted by Gasteiger charge is -2.12. The molecule has 0 aliphatic rings. The van der Waals surface area contributed by atoms with E-state index in [-0.39, 0.29) is 0 Å². The summed E-state index contributed by atoms with van der Waals surface area (Å²) in [6.45, 7) is 0. The predicted octanol–water partition coefficient (Wildman–Crippen LogP) is 14.4. The van der Waals surface area contributed by atoms with Crippen LogP contribution >= 0.6 is 22.7 Å². The van der Waals surface area contributed by atoms with Crippen LogP contribution < -0.4 is 0 Å². The number of thiophene rings is 2. The zero-order valence-electron chi connectivity index (χ0n) is 30.4. The van der Waals surface area contributed by atoms with E-state index in [0.29, 0.717) is 17.5 Å². The maximum atomic E-state index is 5.27. The Hall–Kier alpha value is -6.99. The Kier molecular flexibility index (Phi) is 7.24. The van der Waals surface area contributed by atoms with E-state index in [1.165, 1.54) is 67.7 Å². The summed E-state index contributed by atoms with van der Waals surface area (Å²) in [5.41, 5.74) is 8.60. The van der Waals surface area contributed by atoms with Gasteiger partial charge >= 0.3 is 0 Å². The maximum absolute atomic E-state index is 5.27. The first-order valence-electron chi connectivity index (χ1n) is 19.0. The van der Waals surface area contributed by atoms with Gasteiger partial charge in [0.1, 0.15) is 0 Å². The fourth-order valence-electron chi connectivity index (χ4n) is 8.42. The van der Waals surface area contributed by atoms with Gasteiger partial charge in [0, 0.05) is 73.5 Å². The van der Waals surface area contributed by atoms with Gasteiger partial charge < -0.3 is 4.57 Å². The highest BCUT2D eigenvalue weighted by atomic mass is 32.1. The summed E-state index contributed by atoms with van der Waals surface area (Å²) in [6, 6.07) is 64.7. The summed E-state index contributed by atoms with van der Waals surface area (Å²) >= 11 is 3.66. The van der Waals surface area contributed by atoms with Crippen molar-refractivity contribution in [1.82, 2.24) is 19.5 Å². The number of fused-ring (bicyclic) bond motifs is 10. The van der Waals surface area contributed by atoms with Crippen molar-refractivity contribution in [2.75, 3.05) is 0 Å². The molecule has 0 aliphatic carbocycles. The average molecular weight is 763 g/mol. The van der Waals surface area contributed by atoms with E-state index in [9.17, 15) is 0 Å². The van der Waals surface area contributed by atoms with Crippen molar-refractivity contribution in [3.05, 3.63) is 182 Å². The molecule has 0 bridgehead atoms. The van der Waals surface area contributed by atoms with Gasteiger partial charge in [0.05, 0.1) is 11.0 Å². The van der Waals surface area contributed by atoms with Gasteiger partial charge in [-0.2, -0.15) is 0 Å². The molecular formula is C51H30N4S2. The zero-order valence-corrected chi connectivity index (χ0v) is 32.1. The molecule has 6 heteroatoms. The third kappa shape index (κ3) is 5.15. The minimum atomic E-state index is 0.634. The van der Waals surface area contributed by atoms with Crippen LogP contribution in [-0.4, -0.2) is 19.5 Å². The Labute approximate surface area is 335 Å². The summed E-state index contributed by atoms with van der Waals surface area (Å²) < 4.78 is 7.44. The van der Waals surface area contributed by atoms with Crippen molar-refractivity contribution in [2.24, 2.45) is 0 Å². The van der Waals surface area contributed by atoms with E-state index < -0.39 is 0 Å². The molecule has 0 aliphatic heterocycles. The van der Waals surface area contributed by atoms with E-state index in [1.807, 2.05) is 17.4 Å². The zero-order chi connectivity index (χ0) is 37.5. The summed E-state index contributed by atoms with van der Waals surface area (Å²) in [5.74, 6) is 1.94. The van der Waals surface area contributed by atoms with Gasteiger partial charge in [-0.1, -0.05) is 140 Å². The third-order valence-corrected chi connectivity index (χ3v) is 13.5. The lowest BCUT2D eigenvalue weighted by atomic mass is 10.0. The Bertz CT molecular complexity index is 3520. The fourth-order valence-corrected chi connectivity index (χ4v) is 10.9. The SMILES string of the molecule is c1ccc(-c2ccc(-c3nc(-c4cccc(-n5c6ccccc6c6c7sc8ccccc8c7ccc65)c4)nc(-c4cccc5c4sc4ccccc45)n3)cc2)cc1. The molecule has 0 unspecified atom stereocenters. The third-order valence-electron chi connectivity index (χ3n) is 11.1. The van der Waals surface area contributed by atoms with Crippen molar-refractivity contribution >= 4 is 84.8 Å². The fraction of sp³-hybridized carbons (Fsp3) is 0. The Balaban J connectivity index is 1.06. The highest BCUT2D eigenvalue weighted by molar-refractivity contribution is 7.27. The van der Waals surface area contributed by atoms with Crippen molar-refractivity contribution in [1.29, 1.82) is 0 Å². The Morgan fingerprint density at radius 3 is 1.70 bits per heavy atom. The van der Waals surface area contributed by atoms with Crippen LogP contribution in [0.5, 0.6) is 0 Å². The molecule has 0 spiro atoms. The molecule has 0 saturated carbocycles. The second-order valence-electron chi connectivity index (χ2n) is 14.4. The van der Waals surface area contributed by atoms with Gasteiger partial charge in [-0.05, 0) is 53.6 Å². The topological polar surface area (TPSA) is 43.6 Å². The number of hydrogen-bond donors (Lipinski definition) is 0. The van der Waals surface area contributed by atoms with Crippen LogP contribution in [0.2, 0.25) is 0 Å². The Morgan fingerprint density at radius 2 is 0.912 bits per heavy atom. The molecule has 8 aromatic carbocycles. The number of rotatable bonds is 5. The lowest BCUT2D eigenvalue weighted by molar-refractivity contribution is 1.07. The highest BCUT2D eigenvalue weighted by Gasteiger charge is 2.20. The molecule has 12 rings (SSSR count). The van der Waals surface area contributed by atoms with Crippen LogP contribution in [-0.2, 0) is 0 Å². The first-order valence-corrected chi connectivity index (χ1v) is 20.7. The molecule has 0 atom stereocenters. The van der Waals surface area contributed by atoms with E-state index in [0.717, 1.165) is 27.9 Å². The van der Waals surface area contributed by atoms with Crippen LogP contribution in [0.3, 0.4) is 0 Å². The molecule has 4 aromatic heterocycles. The predicted molar refractivity (Wildman–Crippen MR) is 242 cm³/mol. The van der Waals surface area contributed by atoms with Gasteiger partial charge in [-0.15, -0.1) is 22.7 Å². The van der Waals surface area contributed by atoms with Crippen LogP contribution in [0.4, 0.5) is 0 Å². The molecule has 0 fully saturated rings. The van der Waals surface area contributed by atoms with Gasteiger partial charge in [-0.3, -0.25) is 0 Å². The molecule has 4 heterocycles. The molecule has 0 radical (unpaired) electrons. The van der Waals surface area contributed by atoms with Crippen LogP contribution in [0.1, 0.15) is 0 Å². The summed E-state index contributed by atoms with van der Waals surface area (Å²) in [5, 5.41) is 7.60. The average Bonchev–Trinajstić information content (AvgIpc) is 3.96. The first-order chi connectivity index (χ1) is 28.2. The molecule has 57 heavy (non-hydrogen) atoms. The van der Waals surface area contributed by atoms with Crippen LogP contribution in [0.25, 0.3) is 113 Å². The second-order valence-corrected chi connectivity index (χ2v) is 16.5. The molecule has 266 valence electrons. The summed E-state index contributed by atoms with van der Waals surface area (Å²) in [4.78, 5) is 15.7. The van der Waals surface area contributed by atoms with E-state index in [4.69, 9.17) is 15.0 Å². The van der Waals surface area contributed by atoms with Crippen molar-refractivity contribution < 1.29 is 0 Å². The quantitative estimate of drug-likeness (QED) is 0.175. The van der Waals surface area contributed by atoms with E-state index in [2.05, 4.69) is 180 Å². The van der Waals surface area contributed by atoms with Gasteiger partial charge in [0.25, 0.3) is 0 Å². The number of nitrogens with zero attached hydrogens (tertiary/aromatic N) is 4. The standard InChI is InChI=1S/C51H30N4S2/c1-2-12-31(13-3-1)32-24-26-33(27-25-32)49-52-50(54-51(53-49)41-20-11-19-38-36-16-5-8-22-44(36)56-47(38)41)34-14-10-15-35(30-34)55-42-21-7-4-18-40(42)46-43(55)29-28-39-37-17-6-9-23-45(37)57-48(39)46/h1-30H. The number of aromatic nitrogens is 4. The minimum absolute atomic E-state index is 0.634. The minimum Gasteiger partial charge on any atom is -0.309 e. The van der Waals surface area contributed by atoms with Gasteiger partial charge in [0.15, 0.2) is 17.5 Å². The van der Waals surface area contributed by atoms with Gasteiger partial charge in [0.2, 0.25) is 0 Å².